The van der Waals surface area contributed by atoms with E-state index in [0.717, 1.165) is 9.35 Å². The largest absolute Gasteiger partial charge is 0.393 e. The number of aromatic nitrogens is 1. The molecule has 1 heterocycles. The predicted molar refractivity (Wildman–Crippen MR) is 88.9 cm³/mol. The highest BCUT2D eigenvalue weighted by Gasteiger charge is 2.22. The van der Waals surface area contributed by atoms with Crippen molar-refractivity contribution in [3.63, 3.8) is 0 Å². The van der Waals surface area contributed by atoms with Crippen molar-refractivity contribution in [3.05, 3.63) is 45.9 Å². The first-order valence-corrected chi connectivity index (χ1v) is 7.83. The Morgan fingerprint density at radius 3 is 2.70 bits per heavy atom. The molecule has 0 saturated heterocycles. The molecule has 3 N–H and O–H groups in total. The van der Waals surface area contributed by atoms with Gasteiger partial charge < -0.3 is 11.1 Å². The number of nitrogens with two attached hydrogens (primary N) is 1. The molecule has 0 aliphatic rings. The van der Waals surface area contributed by atoms with Crippen molar-refractivity contribution in [2.45, 2.75) is 6.42 Å². The van der Waals surface area contributed by atoms with E-state index in [4.69, 9.17) is 18.0 Å². The number of nitrogens with one attached hydrogen (secondary N) is 1. The lowest BCUT2D eigenvalue weighted by molar-refractivity contribution is -0.118. The first kappa shape index (κ1) is 15.1. The highest BCUT2D eigenvalue weighted by Crippen LogP contribution is 2.24. The van der Waals surface area contributed by atoms with Gasteiger partial charge in [0.15, 0.2) is 5.13 Å². The molecule has 0 radical (unpaired) electrons. The summed E-state index contributed by atoms with van der Waals surface area (Å²) in [6.45, 7) is 0. The topological polar surface area (TPSA) is 68.0 Å². The van der Waals surface area contributed by atoms with Crippen molar-refractivity contribution < 1.29 is 4.79 Å². The van der Waals surface area contributed by atoms with Crippen molar-refractivity contribution in [2.24, 2.45) is 11.7 Å². The van der Waals surface area contributed by atoms with Gasteiger partial charge in [0.2, 0.25) is 5.91 Å². The van der Waals surface area contributed by atoms with E-state index in [0.29, 0.717) is 11.6 Å². The molecule has 0 fully saturated rings. The maximum atomic E-state index is 12.2. The number of thiazole rings is 1. The van der Waals surface area contributed by atoms with Crippen LogP contribution in [0.1, 0.15) is 5.56 Å². The average molecular weight is 370 g/mol. The second-order valence-corrected chi connectivity index (χ2v) is 6.98. The van der Waals surface area contributed by atoms with Crippen molar-refractivity contribution >= 4 is 55.5 Å². The Morgan fingerprint density at radius 1 is 1.45 bits per heavy atom. The Morgan fingerprint density at radius 2 is 2.15 bits per heavy atom. The number of rotatable bonds is 5. The van der Waals surface area contributed by atoms with Gasteiger partial charge in [-0.1, -0.05) is 53.9 Å². The van der Waals surface area contributed by atoms with Gasteiger partial charge in [-0.05, 0) is 27.9 Å². The molecule has 104 valence electrons. The molecule has 2 rings (SSSR count). The number of benzene rings is 1. The first-order chi connectivity index (χ1) is 9.56. The summed E-state index contributed by atoms with van der Waals surface area (Å²) < 4.78 is 0.850. The minimum absolute atomic E-state index is 0.182. The van der Waals surface area contributed by atoms with Crippen LogP contribution >= 0.6 is 39.5 Å². The molecule has 1 amide bonds. The minimum Gasteiger partial charge on any atom is -0.393 e. The van der Waals surface area contributed by atoms with E-state index in [9.17, 15) is 4.79 Å². The lowest BCUT2D eigenvalue weighted by Crippen LogP contribution is -2.34. The highest BCUT2D eigenvalue weighted by atomic mass is 79.9. The van der Waals surface area contributed by atoms with Crippen LogP contribution in [0, 0.1) is 5.92 Å². The molecule has 0 bridgehead atoms. The van der Waals surface area contributed by atoms with E-state index >= 15 is 0 Å². The van der Waals surface area contributed by atoms with Crippen LogP contribution in [0.15, 0.2) is 40.3 Å². The number of nitrogens with zero attached hydrogens (tertiary/aromatic N) is 1. The molecule has 20 heavy (non-hydrogen) atoms. The molecular formula is C13H12BrN3OS2. The first-order valence-electron chi connectivity index (χ1n) is 5.81. The summed E-state index contributed by atoms with van der Waals surface area (Å²) in [7, 11) is 0. The minimum atomic E-state index is -0.546. The SMILES string of the molecule is NC(=S)C(Cc1ccccc1)C(=O)Nc1ncc(Br)s1. The van der Waals surface area contributed by atoms with Crippen LogP contribution in [0.2, 0.25) is 0 Å². The Bertz CT molecular complexity index is 615. The van der Waals surface area contributed by atoms with Crippen molar-refractivity contribution in [1.82, 2.24) is 4.98 Å². The van der Waals surface area contributed by atoms with Gasteiger partial charge in [-0.15, -0.1) is 0 Å². The molecule has 0 saturated carbocycles. The molecule has 1 atom stereocenters. The van der Waals surface area contributed by atoms with Gasteiger partial charge in [-0.2, -0.15) is 0 Å². The Kier molecular flexibility index (Phi) is 5.22. The van der Waals surface area contributed by atoms with E-state index in [1.807, 2.05) is 30.3 Å². The quantitative estimate of drug-likeness (QED) is 0.794. The van der Waals surface area contributed by atoms with Gasteiger partial charge in [0, 0.05) is 0 Å². The summed E-state index contributed by atoms with van der Waals surface area (Å²) in [6, 6.07) is 9.65. The second kappa shape index (κ2) is 6.92. The summed E-state index contributed by atoms with van der Waals surface area (Å²) in [5, 5.41) is 3.26. The maximum Gasteiger partial charge on any atom is 0.236 e. The zero-order chi connectivity index (χ0) is 14.5. The molecule has 1 unspecified atom stereocenters. The number of hydrogen-bond donors (Lipinski definition) is 2. The molecule has 1 aromatic carbocycles. The molecule has 1 aromatic heterocycles. The fourth-order valence-corrected chi connectivity index (χ4v) is 2.98. The zero-order valence-electron chi connectivity index (χ0n) is 10.4. The lowest BCUT2D eigenvalue weighted by atomic mass is 9.98. The van der Waals surface area contributed by atoms with Crippen molar-refractivity contribution in [1.29, 1.82) is 0 Å². The van der Waals surface area contributed by atoms with Gasteiger partial charge in [0.05, 0.1) is 20.9 Å². The van der Waals surface area contributed by atoms with Crippen molar-refractivity contribution in [3.8, 4) is 0 Å². The van der Waals surface area contributed by atoms with Crippen LogP contribution in [-0.4, -0.2) is 15.9 Å². The Labute approximate surface area is 134 Å². The van der Waals surface area contributed by atoms with E-state index < -0.39 is 5.92 Å². The third-order valence-electron chi connectivity index (χ3n) is 2.65. The summed E-state index contributed by atoms with van der Waals surface area (Å²) in [5.74, 6) is -0.779. The standard InChI is InChI=1S/C13H12BrN3OS2/c14-10-7-16-13(20-10)17-12(18)9(11(15)19)6-8-4-2-1-3-5-8/h1-5,7,9H,6H2,(H2,15,19)(H,16,17,18). The van der Waals surface area contributed by atoms with Crippen LogP contribution in [0.25, 0.3) is 0 Å². The molecule has 4 nitrogen and oxygen atoms in total. The molecule has 0 aliphatic carbocycles. The van der Waals surface area contributed by atoms with Crippen LogP contribution < -0.4 is 11.1 Å². The third kappa shape index (κ3) is 4.09. The summed E-state index contributed by atoms with van der Waals surface area (Å²) >= 11 is 9.64. The number of halogens is 1. The monoisotopic (exact) mass is 369 g/mol. The highest BCUT2D eigenvalue weighted by molar-refractivity contribution is 9.11. The van der Waals surface area contributed by atoms with Crippen LogP contribution in [-0.2, 0) is 11.2 Å². The van der Waals surface area contributed by atoms with Crippen LogP contribution in [0.4, 0.5) is 5.13 Å². The molecule has 2 aromatic rings. The van der Waals surface area contributed by atoms with Crippen molar-refractivity contribution in [2.75, 3.05) is 5.32 Å². The number of thiocarbonyl (C=S) groups is 1. The van der Waals surface area contributed by atoms with Gasteiger partial charge in [0.1, 0.15) is 0 Å². The third-order valence-corrected chi connectivity index (χ3v) is 4.33. The number of amides is 1. The average Bonchev–Trinajstić information content (AvgIpc) is 2.82. The summed E-state index contributed by atoms with van der Waals surface area (Å²) in [5.41, 5.74) is 6.70. The zero-order valence-corrected chi connectivity index (χ0v) is 13.6. The second-order valence-electron chi connectivity index (χ2n) is 4.10. The molecule has 0 spiro atoms. The number of carbonyl (C=O) groups is 1. The Hall–Kier alpha value is -1.31. The maximum absolute atomic E-state index is 12.2. The summed E-state index contributed by atoms with van der Waals surface area (Å²) in [4.78, 5) is 16.5. The van der Waals surface area contributed by atoms with E-state index in [2.05, 4.69) is 26.2 Å². The van der Waals surface area contributed by atoms with E-state index in [-0.39, 0.29) is 10.9 Å². The number of hydrogen-bond acceptors (Lipinski definition) is 4. The predicted octanol–water partition coefficient (Wildman–Crippen LogP) is 2.99. The lowest BCUT2D eigenvalue weighted by Gasteiger charge is -2.14. The van der Waals surface area contributed by atoms with Crippen LogP contribution in [0.5, 0.6) is 0 Å². The fourth-order valence-electron chi connectivity index (χ4n) is 1.68. The van der Waals surface area contributed by atoms with Gasteiger partial charge in [-0.25, -0.2) is 4.98 Å². The van der Waals surface area contributed by atoms with E-state index in [1.165, 1.54) is 11.3 Å². The summed E-state index contributed by atoms with van der Waals surface area (Å²) in [6.07, 6.45) is 2.11. The van der Waals surface area contributed by atoms with E-state index in [1.54, 1.807) is 6.20 Å². The normalized spacial score (nSPS) is 11.8. The molecular weight excluding hydrogens is 358 g/mol. The van der Waals surface area contributed by atoms with Gasteiger partial charge in [-0.3, -0.25) is 4.79 Å². The Balaban J connectivity index is 2.08. The van der Waals surface area contributed by atoms with Crippen LogP contribution in [0.3, 0.4) is 0 Å². The van der Waals surface area contributed by atoms with Gasteiger partial charge in [0.25, 0.3) is 0 Å². The fraction of sp³-hybridized carbons (Fsp3) is 0.154. The number of carbonyl (C=O) groups excluding carboxylic acids is 1. The van der Waals surface area contributed by atoms with Gasteiger partial charge >= 0.3 is 0 Å². The molecule has 0 aliphatic heterocycles. The molecule has 7 heteroatoms. The smallest absolute Gasteiger partial charge is 0.236 e. The number of anilines is 1.